The lowest BCUT2D eigenvalue weighted by molar-refractivity contribution is 0.115. The zero-order valence-electron chi connectivity index (χ0n) is 15.4. The third-order valence-corrected chi connectivity index (χ3v) is 5.67. The van der Waals surface area contributed by atoms with Gasteiger partial charge in [-0.1, -0.05) is 6.92 Å². The second-order valence-corrected chi connectivity index (χ2v) is 7.13. The van der Waals surface area contributed by atoms with Crippen LogP contribution in [0.15, 0.2) is 12.1 Å². The number of piperazine rings is 1. The first-order valence-electron chi connectivity index (χ1n) is 9.26. The maximum absolute atomic E-state index is 6.08. The maximum Gasteiger partial charge on any atom is 0.143 e. The highest BCUT2D eigenvalue weighted by atomic mass is 16.5. The van der Waals surface area contributed by atoms with Crippen LogP contribution >= 0.6 is 0 Å². The summed E-state index contributed by atoms with van der Waals surface area (Å²) < 4.78 is 5.44. The first kappa shape index (κ1) is 17.4. The Balaban J connectivity index is 1.66. The molecular formula is C19H32N4O. The Morgan fingerprint density at radius 2 is 1.75 bits per heavy atom. The van der Waals surface area contributed by atoms with Gasteiger partial charge >= 0.3 is 0 Å². The van der Waals surface area contributed by atoms with E-state index in [1.807, 2.05) is 0 Å². The van der Waals surface area contributed by atoms with Crippen molar-refractivity contribution in [1.82, 2.24) is 9.80 Å². The molecule has 0 atom stereocenters. The second-order valence-electron chi connectivity index (χ2n) is 7.13. The third-order valence-electron chi connectivity index (χ3n) is 5.67. The quantitative estimate of drug-likeness (QED) is 0.855. The molecule has 5 heteroatoms. The number of nitrogens with zero attached hydrogens (tertiary/aromatic N) is 3. The molecule has 0 aromatic heterocycles. The van der Waals surface area contributed by atoms with Crippen molar-refractivity contribution in [2.24, 2.45) is 0 Å². The van der Waals surface area contributed by atoms with Crippen molar-refractivity contribution < 1.29 is 4.74 Å². The molecular weight excluding hydrogens is 300 g/mol. The highest BCUT2D eigenvalue weighted by Gasteiger charge is 2.27. The zero-order valence-corrected chi connectivity index (χ0v) is 15.4. The summed E-state index contributed by atoms with van der Waals surface area (Å²) in [6.07, 6.45) is 3.62. The molecule has 3 rings (SSSR count). The molecule has 0 unspecified atom stereocenters. The molecule has 0 radical (unpaired) electrons. The van der Waals surface area contributed by atoms with Crippen molar-refractivity contribution in [1.29, 1.82) is 0 Å². The molecule has 5 nitrogen and oxygen atoms in total. The number of rotatable bonds is 4. The van der Waals surface area contributed by atoms with Crippen LogP contribution in [0.3, 0.4) is 0 Å². The highest BCUT2D eigenvalue weighted by Crippen LogP contribution is 2.33. The van der Waals surface area contributed by atoms with Crippen LogP contribution in [0.1, 0.15) is 25.3 Å². The standard InChI is InChI=1S/C19H32N4O/c1-4-15-13-17(20)19(24-3)14-18(15)23-11-9-22(10-12-23)16-5-7-21(2)8-6-16/h13-14,16H,4-12,20H2,1-3H3. The lowest BCUT2D eigenvalue weighted by Gasteiger charge is -2.43. The molecule has 2 saturated heterocycles. The van der Waals surface area contributed by atoms with Gasteiger partial charge in [-0.25, -0.2) is 0 Å². The van der Waals surface area contributed by atoms with Crippen molar-refractivity contribution >= 4 is 11.4 Å². The Labute approximate surface area is 146 Å². The summed E-state index contributed by atoms with van der Waals surface area (Å²) in [6, 6.07) is 4.98. The zero-order chi connectivity index (χ0) is 17.1. The Bertz CT molecular complexity index is 547. The fraction of sp³-hybridized carbons (Fsp3) is 0.684. The first-order chi connectivity index (χ1) is 11.6. The minimum atomic E-state index is 0.739. The molecule has 0 amide bonds. The van der Waals surface area contributed by atoms with E-state index in [0.29, 0.717) is 0 Å². The van der Waals surface area contributed by atoms with E-state index in [9.17, 15) is 0 Å². The Morgan fingerprint density at radius 1 is 1.08 bits per heavy atom. The third kappa shape index (κ3) is 3.62. The van der Waals surface area contributed by atoms with Crippen molar-refractivity contribution in [2.45, 2.75) is 32.2 Å². The lowest BCUT2D eigenvalue weighted by atomic mass is 10.0. The number of aryl methyl sites for hydroxylation is 1. The molecule has 0 spiro atoms. The summed E-state index contributed by atoms with van der Waals surface area (Å²) in [5.41, 5.74) is 9.44. The van der Waals surface area contributed by atoms with Gasteiger partial charge in [-0.05, 0) is 51.0 Å². The van der Waals surface area contributed by atoms with Crippen LogP contribution < -0.4 is 15.4 Å². The monoisotopic (exact) mass is 332 g/mol. The average Bonchev–Trinajstić information content (AvgIpc) is 2.62. The number of anilines is 2. The number of likely N-dealkylation sites (tertiary alicyclic amines) is 1. The highest BCUT2D eigenvalue weighted by molar-refractivity contribution is 5.67. The fourth-order valence-corrected chi connectivity index (χ4v) is 4.08. The van der Waals surface area contributed by atoms with E-state index in [0.717, 1.165) is 50.1 Å². The minimum absolute atomic E-state index is 0.739. The molecule has 0 aliphatic carbocycles. The molecule has 2 fully saturated rings. The molecule has 1 aromatic carbocycles. The van der Waals surface area contributed by atoms with E-state index >= 15 is 0 Å². The van der Waals surface area contributed by atoms with E-state index in [1.54, 1.807) is 7.11 Å². The van der Waals surface area contributed by atoms with Gasteiger partial charge in [0, 0.05) is 44.0 Å². The number of hydrogen-bond acceptors (Lipinski definition) is 5. The maximum atomic E-state index is 6.08. The van der Waals surface area contributed by atoms with E-state index in [2.05, 4.69) is 40.8 Å². The molecule has 1 aromatic rings. The predicted molar refractivity (Wildman–Crippen MR) is 101 cm³/mol. The Kier molecular flexibility index (Phi) is 5.51. The van der Waals surface area contributed by atoms with Gasteiger partial charge in [-0.2, -0.15) is 0 Å². The molecule has 24 heavy (non-hydrogen) atoms. The van der Waals surface area contributed by atoms with Crippen molar-refractivity contribution in [3.8, 4) is 5.75 Å². The van der Waals surface area contributed by atoms with E-state index in [1.165, 1.54) is 37.2 Å². The summed E-state index contributed by atoms with van der Waals surface area (Å²) in [5, 5.41) is 0. The van der Waals surface area contributed by atoms with E-state index < -0.39 is 0 Å². The van der Waals surface area contributed by atoms with Crippen LogP contribution in [-0.4, -0.2) is 69.3 Å². The molecule has 2 aliphatic rings. The van der Waals surface area contributed by atoms with Crippen molar-refractivity contribution in [3.05, 3.63) is 17.7 Å². The van der Waals surface area contributed by atoms with Crippen LogP contribution in [0.4, 0.5) is 11.4 Å². The van der Waals surface area contributed by atoms with Crippen LogP contribution in [0.2, 0.25) is 0 Å². The molecule has 0 saturated carbocycles. The van der Waals surface area contributed by atoms with Crippen LogP contribution in [-0.2, 0) is 6.42 Å². The van der Waals surface area contributed by atoms with Crippen LogP contribution in [0, 0.1) is 0 Å². The van der Waals surface area contributed by atoms with Crippen LogP contribution in [0.25, 0.3) is 0 Å². The van der Waals surface area contributed by atoms with Crippen molar-refractivity contribution in [2.75, 3.05) is 64.1 Å². The fourth-order valence-electron chi connectivity index (χ4n) is 4.08. The average molecular weight is 332 g/mol. The van der Waals surface area contributed by atoms with Gasteiger partial charge < -0.3 is 20.3 Å². The van der Waals surface area contributed by atoms with Gasteiger partial charge in [-0.15, -0.1) is 0 Å². The molecule has 2 heterocycles. The number of nitrogen functional groups attached to an aromatic ring is 1. The summed E-state index contributed by atoms with van der Waals surface area (Å²) in [6.45, 7) is 9.16. The summed E-state index contributed by atoms with van der Waals surface area (Å²) in [7, 11) is 3.92. The Morgan fingerprint density at radius 3 is 2.33 bits per heavy atom. The van der Waals surface area contributed by atoms with Gasteiger partial charge in [0.15, 0.2) is 0 Å². The van der Waals surface area contributed by atoms with Gasteiger partial charge in [0.25, 0.3) is 0 Å². The Hall–Kier alpha value is -1.46. The van der Waals surface area contributed by atoms with Gasteiger partial charge in [-0.3, -0.25) is 4.90 Å². The first-order valence-corrected chi connectivity index (χ1v) is 9.26. The van der Waals surface area contributed by atoms with Crippen LogP contribution in [0.5, 0.6) is 5.75 Å². The summed E-state index contributed by atoms with van der Waals surface area (Å²) in [4.78, 5) is 7.65. The van der Waals surface area contributed by atoms with Gasteiger partial charge in [0.2, 0.25) is 0 Å². The number of benzene rings is 1. The number of ether oxygens (including phenoxy) is 1. The molecule has 0 bridgehead atoms. The largest absolute Gasteiger partial charge is 0.495 e. The lowest BCUT2D eigenvalue weighted by Crippen LogP contribution is -2.53. The number of nitrogens with two attached hydrogens (primary N) is 1. The molecule has 2 aliphatic heterocycles. The summed E-state index contributed by atoms with van der Waals surface area (Å²) in [5.74, 6) is 0.792. The number of methoxy groups -OCH3 is 1. The normalized spacial score (nSPS) is 21.2. The van der Waals surface area contributed by atoms with Gasteiger partial charge in [0.05, 0.1) is 12.8 Å². The minimum Gasteiger partial charge on any atom is -0.495 e. The predicted octanol–water partition coefficient (Wildman–Crippen LogP) is 2.06. The molecule has 2 N–H and O–H groups in total. The van der Waals surface area contributed by atoms with E-state index in [-0.39, 0.29) is 0 Å². The number of piperidine rings is 1. The van der Waals surface area contributed by atoms with E-state index in [4.69, 9.17) is 10.5 Å². The number of hydrogen-bond donors (Lipinski definition) is 1. The molecule has 134 valence electrons. The smallest absolute Gasteiger partial charge is 0.143 e. The second kappa shape index (κ2) is 7.62. The topological polar surface area (TPSA) is 45.0 Å². The summed E-state index contributed by atoms with van der Waals surface area (Å²) >= 11 is 0. The van der Waals surface area contributed by atoms with Gasteiger partial charge in [0.1, 0.15) is 5.75 Å². The SMILES string of the molecule is CCc1cc(N)c(OC)cc1N1CCN(C2CCN(C)CC2)CC1. The van der Waals surface area contributed by atoms with Crippen molar-refractivity contribution in [3.63, 3.8) is 0 Å².